The largest absolute Gasteiger partial charge is 0.367 e. The summed E-state index contributed by atoms with van der Waals surface area (Å²) in [5.41, 5.74) is 5.49. The number of carbonyl (C=O) groups is 1. The van der Waals surface area contributed by atoms with Crippen molar-refractivity contribution in [2.24, 2.45) is 0 Å². The summed E-state index contributed by atoms with van der Waals surface area (Å²) in [6.07, 6.45) is 0. The molecule has 94 valence electrons. The average molecular weight is 256 g/mol. The highest BCUT2D eigenvalue weighted by atomic mass is 32.1. The third-order valence-corrected chi connectivity index (χ3v) is 3.39. The van der Waals surface area contributed by atoms with Crippen LogP contribution in [0.5, 0.6) is 0 Å². The lowest BCUT2D eigenvalue weighted by molar-refractivity contribution is 0.195. The maximum absolute atomic E-state index is 11.6. The van der Waals surface area contributed by atoms with Crippen LogP contribution in [0, 0.1) is 0 Å². The van der Waals surface area contributed by atoms with Gasteiger partial charge in [-0.1, -0.05) is 0 Å². The first-order valence-electron chi connectivity index (χ1n) is 5.57. The van der Waals surface area contributed by atoms with Crippen LogP contribution in [0.15, 0.2) is 0 Å². The molecule has 1 aromatic rings. The Labute approximate surface area is 104 Å². The molecule has 0 aromatic carbocycles. The molecule has 2 rings (SSSR count). The van der Waals surface area contributed by atoms with E-state index in [1.165, 1.54) is 11.5 Å². The Hall–Kier alpha value is -1.57. The van der Waals surface area contributed by atoms with Crippen molar-refractivity contribution in [2.45, 2.75) is 6.92 Å². The van der Waals surface area contributed by atoms with Crippen LogP contribution in [-0.2, 0) is 0 Å². The van der Waals surface area contributed by atoms with E-state index < -0.39 is 0 Å². The number of rotatable bonds is 2. The summed E-state index contributed by atoms with van der Waals surface area (Å²) < 4.78 is 3.95. The maximum Gasteiger partial charge on any atom is 0.317 e. The number of nitrogens with one attached hydrogen (secondary N) is 1. The second kappa shape index (κ2) is 5.17. The number of urea groups is 1. The summed E-state index contributed by atoms with van der Waals surface area (Å²) in [4.78, 5) is 19.6. The highest BCUT2D eigenvalue weighted by molar-refractivity contribution is 7.09. The van der Waals surface area contributed by atoms with Gasteiger partial charge in [-0.2, -0.15) is 9.36 Å². The van der Waals surface area contributed by atoms with E-state index in [0.717, 1.165) is 18.2 Å². The summed E-state index contributed by atoms with van der Waals surface area (Å²) in [7, 11) is 0. The predicted octanol–water partition coefficient (Wildman–Crippen LogP) is -0.0282. The summed E-state index contributed by atoms with van der Waals surface area (Å²) >= 11 is 1.30. The van der Waals surface area contributed by atoms with Gasteiger partial charge in [0.15, 0.2) is 0 Å². The van der Waals surface area contributed by atoms with Gasteiger partial charge >= 0.3 is 6.03 Å². The number of aromatic nitrogens is 2. The van der Waals surface area contributed by atoms with Crippen LogP contribution in [-0.4, -0.2) is 53.0 Å². The van der Waals surface area contributed by atoms with Crippen LogP contribution in [0.3, 0.4) is 0 Å². The van der Waals surface area contributed by atoms with Gasteiger partial charge in [0.05, 0.1) is 0 Å². The van der Waals surface area contributed by atoms with Crippen molar-refractivity contribution in [1.29, 1.82) is 0 Å². The molecule has 1 aliphatic rings. The van der Waals surface area contributed by atoms with Crippen molar-refractivity contribution in [3.8, 4) is 0 Å². The number of hydrogen-bond donors (Lipinski definition) is 2. The number of nitrogens with zero attached hydrogens (tertiary/aromatic N) is 4. The normalized spacial score (nSPS) is 16.1. The summed E-state index contributed by atoms with van der Waals surface area (Å²) in [6, 6.07) is 0.00364. The van der Waals surface area contributed by atoms with E-state index in [4.69, 9.17) is 5.73 Å². The van der Waals surface area contributed by atoms with Gasteiger partial charge in [0.2, 0.25) is 11.1 Å². The molecule has 0 spiro atoms. The van der Waals surface area contributed by atoms with Crippen molar-refractivity contribution in [3.05, 3.63) is 0 Å². The average Bonchev–Trinajstić information content (AvgIpc) is 2.76. The van der Waals surface area contributed by atoms with Gasteiger partial charge in [-0.25, -0.2) is 4.79 Å². The van der Waals surface area contributed by atoms with E-state index in [-0.39, 0.29) is 6.03 Å². The lowest BCUT2D eigenvalue weighted by Crippen LogP contribution is -2.51. The minimum absolute atomic E-state index is 0.00364. The van der Waals surface area contributed by atoms with Crippen LogP contribution in [0.25, 0.3) is 0 Å². The highest BCUT2D eigenvalue weighted by Crippen LogP contribution is 2.19. The van der Waals surface area contributed by atoms with E-state index in [0.29, 0.717) is 25.6 Å². The maximum atomic E-state index is 11.6. The first-order valence-corrected chi connectivity index (χ1v) is 6.35. The van der Waals surface area contributed by atoms with Crippen LogP contribution in [0.4, 0.5) is 15.9 Å². The van der Waals surface area contributed by atoms with E-state index in [1.807, 2.05) is 11.8 Å². The molecular formula is C9H16N6OS. The molecule has 7 nitrogen and oxygen atoms in total. The minimum Gasteiger partial charge on any atom is -0.367 e. The molecule has 1 aliphatic heterocycles. The van der Waals surface area contributed by atoms with E-state index in [9.17, 15) is 4.79 Å². The van der Waals surface area contributed by atoms with Crippen LogP contribution in [0.1, 0.15) is 6.92 Å². The Morgan fingerprint density at radius 1 is 1.47 bits per heavy atom. The summed E-state index contributed by atoms with van der Waals surface area (Å²) in [5, 5.41) is 3.63. The third-order valence-electron chi connectivity index (χ3n) is 2.60. The second-order valence-corrected chi connectivity index (χ2v) is 4.48. The first kappa shape index (κ1) is 11.9. The monoisotopic (exact) mass is 256 g/mol. The third kappa shape index (κ3) is 2.76. The fourth-order valence-electron chi connectivity index (χ4n) is 1.72. The molecule has 2 heterocycles. The second-order valence-electron chi connectivity index (χ2n) is 3.74. The molecule has 1 aromatic heterocycles. The molecule has 1 saturated heterocycles. The van der Waals surface area contributed by atoms with Crippen LogP contribution < -0.4 is 16.0 Å². The zero-order valence-corrected chi connectivity index (χ0v) is 10.5. The molecule has 1 fully saturated rings. The Bertz CT molecular complexity index is 387. The van der Waals surface area contributed by atoms with Crippen molar-refractivity contribution in [3.63, 3.8) is 0 Å². The quantitative estimate of drug-likeness (QED) is 0.776. The van der Waals surface area contributed by atoms with Crippen LogP contribution in [0.2, 0.25) is 0 Å². The summed E-state index contributed by atoms with van der Waals surface area (Å²) in [6.45, 7) is 5.51. The van der Waals surface area contributed by atoms with Gasteiger partial charge in [-0.05, 0) is 6.92 Å². The molecular weight excluding hydrogens is 240 g/mol. The molecule has 2 amide bonds. The Morgan fingerprint density at radius 3 is 2.71 bits per heavy atom. The molecule has 0 bridgehead atoms. The summed E-state index contributed by atoms with van der Waals surface area (Å²) in [5.74, 6) is 0.316. The lowest BCUT2D eigenvalue weighted by Gasteiger charge is -2.34. The molecule has 0 aliphatic carbocycles. The van der Waals surface area contributed by atoms with Crippen LogP contribution >= 0.6 is 11.5 Å². The standard InChI is InChI=1S/C9H16N6OS/c1-2-11-8(16)14-3-5-15(6-4-14)9-12-7(10)13-17-9/h2-6H2,1H3,(H2,10,13)(H,11,16). The number of piperazine rings is 1. The number of hydrogen-bond acceptors (Lipinski definition) is 6. The van der Waals surface area contributed by atoms with Crippen molar-refractivity contribution >= 4 is 28.6 Å². The fraction of sp³-hybridized carbons (Fsp3) is 0.667. The van der Waals surface area contributed by atoms with E-state index >= 15 is 0 Å². The minimum atomic E-state index is 0.00364. The number of anilines is 2. The van der Waals surface area contributed by atoms with Gasteiger partial charge in [-0.3, -0.25) is 0 Å². The first-order chi connectivity index (χ1) is 8.20. The number of nitrogens with two attached hydrogens (primary N) is 1. The van der Waals surface area contributed by atoms with Crippen molar-refractivity contribution < 1.29 is 4.79 Å². The number of nitrogen functional groups attached to an aromatic ring is 1. The predicted molar refractivity (Wildman–Crippen MR) is 67.2 cm³/mol. The topological polar surface area (TPSA) is 87.4 Å². The Kier molecular flexibility index (Phi) is 3.62. The molecule has 0 atom stereocenters. The Balaban J connectivity index is 1.88. The molecule has 0 radical (unpaired) electrons. The van der Waals surface area contributed by atoms with E-state index in [1.54, 1.807) is 0 Å². The molecule has 17 heavy (non-hydrogen) atoms. The fourth-order valence-corrected chi connectivity index (χ4v) is 2.37. The zero-order valence-electron chi connectivity index (χ0n) is 9.72. The SMILES string of the molecule is CCNC(=O)N1CCN(c2nc(N)ns2)CC1. The van der Waals surface area contributed by atoms with Gasteiger partial charge in [0.1, 0.15) is 0 Å². The van der Waals surface area contributed by atoms with Gasteiger partial charge < -0.3 is 20.9 Å². The lowest BCUT2D eigenvalue weighted by atomic mass is 10.3. The smallest absolute Gasteiger partial charge is 0.317 e. The molecule has 0 unspecified atom stereocenters. The van der Waals surface area contributed by atoms with E-state index in [2.05, 4.69) is 19.6 Å². The van der Waals surface area contributed by atoms with Crippen molar-refractivity contribution in [2.75, 3.05) is 43.4 Å². The highest BCUT2D eigenvalue weighted by Gasteiger charge is 2.22. The zero-order chi connectivity index (χ0) is 12.3. The molecule has 3 N–H and O–H groups in total. The Morgan fingerprint density at radius 2 is 2.18 bits per heavy atom. The number of amides is 2. The molecule has 8 heteroatoms. The van der Waals surface area contributed by atoms with Gasteiger partial charge in [0.25, 0.3) is 0 Å². The number of carbonyl (C=O) groups excluding carboxylic acids is 1. The van der Waals surface area contributed by atoms with Gasteiger partial charge in [-0.15, -0.1) is 0 Å². The van der Waals surface area contributed by atoms with Gasteiger partial charge in [0, 0.05) is 44.3 Å². The molecule has 0 saturated carbocycles. The van der Waals surface area contributed by atoms with Crippen molar-refractivity contribution in [1.82, 2.24) is 19.6 Å².